The third-order valence-corrected chi connectivity index (χ3v) is 2.27. The van der Waals surface area contributed by atoms with Crippen molar-refractivity contribution < 1.29 is 19.6 Å². The van der Waals surface area contributed by atoms with Crippen LogP contribution in [-0.4, -0.2) is 21.9 Å². The van der Waals surface area contributed by atoms with Crippen LogP contribution in [0.3, 0.4) is 0 Å². The van der Waals surface area contributed by atoms with Crippen LogP contribution in [0.15, 0.2) is 22.7 Å². The number of amides is 1. The van der Waals surface area contributed by atoms with Crippen LogP contribution in [0.25, 0.3) is 0 Å². The molecule has 0 bridgehead atoms. The van der Waals surface area contributed by atoms with Crippen LogP contribution >= 0.6 is 15.9 Å². The Labute approximate surface area is 97.3 Å². The topological polar surface area (TPSA) is 110 Å². The number of carboxylic acid groups (broad SMARTS) is 1. The summed E-state index contributed by atoms with van der Waals surface area (Å²) in [6.07, 6.45) is 0. The van der Waals surface area contributed by atoms with Crippen LogP contribution in [0, 0.1) is 10.1 Å². The minimum Gasteiger partial charge on any atom is -0.474 e. The van der Waals surface area contributed by atoms with Gasteiger partial charge in [-0.25, -0.2) is 4.79 Å². The summed E-state index contributed by atoms with van der Waals surface area (Å²) in [6, 6.07) is 3.75. The molecule has 0 radical (unpaired) electrons. The van der Waals surface area contributed by atoms with E-state index in [0.29, 0.717) is 0 Å². The number of carbonyl (C=O) groups is 2. The standard InChI is InChI=1S/C8H5BrN2O5/c9-5-2-1-4(3-6(5)11(15)16)10-7(12)8(13)14/h1-3H,(H,10,12)(H,13,14). The fourth-order valence-corrected chi connectivity index (χ4v) is 1.31. The van der Waals surface area contributed by atoms with Crippen LogP contribution in [0.2, 0.25) is 0 Å². The monoisotopic (exact) mass is 288 g/mol. The lowest BCUT2D eigenvalue weighted by molar-refractivity contribution is -0.385. The summed E-state index contributed by atoms with van der Waals surface area (Å²) < 4.78 is 0.242. The molecule has 7 nitrogen and oxygen atoms in total. The number of nitro groups is 1. The number of rotatable bonds is 2. The van der Waals surface area contributed by atoms with Crippen LogP contribution in [0.5, 0.6) is 0 Å². The smallest absolute Gasteiger partial charge is 0.394 e. The Balaban J connectivity index is 3.00. The first-order valence-electron chi connectivity index (χ1n) is 3.90. The van der Waals surface area contributed by atoms with E-state index in [9.17, 15) is 19.7 Å². The van der Waals surface area contributed by atoms with Crippen LogP contribution in [0.4, 0.5) is 11.4 Å². The SMILES string of the molecule is O=C(O)C(=O)Nc1ccc(Br)c([N+](=O)[O-])c1. The number of carboxylic acids is 1. The molecule has 1 aromatic rings. The number of hydrogen-bond donors (Lipinski definition) is 2. The van der Waals surface area contributed by atoms with Crippen LogP contribution in [-0.2, 0) is 9.59 Å². The van der Waals surface area contributed by atoms with Gasteiger partial charge in [-0.15, -0.1) is 0 Å². The normalized spacial score (nSPS) is 9.56. The van der Waals surface area contributed by atoms with Gasteiger partial charge in [-0.05, 0) is 28.1 Å². The van der Waals surface area contributed by atoms with Gasteiger partial charge in [0.1, 0.15) is 0 Å². The highest BCUT2D eigenvalue weighted by atomic mass is 79.9. The number of nitrogens with one attached hydrogen (secondary N) is 1. The Bertz CT molecular complexity index is 473. The first kappa shape index (κ1) is 12.1. The average molecular weight is 289 g/mol. The van der Waals surface area contributed by atoms with Crippen molar-refractivity contribution in [2.24, 2.45) is 0 Å². The van der Waals surface area contributed by atoms with Crippen molar-refractivity contribution in [1.29, 1.82) is 0 Å². The summed E-state index contributed by atoms with van der Waals surface area (Å²) in [5, 5.41) is 20.9. The summed E-state index contributed by atoms with van der Waals surface area (Å²) in [5.41, 5.74) is -0.217. The zero-order valence-electron chi connectivity index (χ0n) is 7.64. The van der Waals surface area contributed by atoms with Crippen molar-refractivity contribution in [1.82, 2.24) is 0 Å². The Morgan fingerprint density at radius 3 is 2.56 bits per heavy atom. The molecule has 0 atom stereocenters. The Morgan fingerprint density at radius 1 is 1.44 bits per heavy atom. The molecule has 0 aliphatic heterocycles. The van der Waals surface area contributed by atoms with Gasteiger partial charge in [0.25, 0.3) is 5.69 Å². The molecule has 0 heterocycles. The van der Waals surface area contributed by atoms with Gasteiger partial charge in [0.2, 0.25) is 0 Å². The number of anilines is 1. The first-order chi connectivity index (χ1) is 7.41. The van der Waals surface area contributed by atoms with E-state index < -0.39 is 16.8 Å². The molecule has 0 fully saturated rings. The van der Waals surface area contributed by atoms with Crippen molar-refractivity contribution in [3.63, 3.8) is 0 Å². The van der Waals surface area contributed by atoms with E-state index in [1.165, 1.54) is 12.1 Å². The maximum atomic E-state index is 10.8. The lowest BCUT2D eigenvalue weighted by atomic mass is 10.3. The Hall–Kier alpha value is -1.96. The second-order valence-electron chi connectivity index (χ2n) is 2.68. The molecule has 1 amide bonds. The third kappa shape index (κ3) is 2.76. The van der Waals surface area contributed by atoms with E-state index >= 15 is 0 Å². The number of nitro benzene ring substituents is 1. The second kappa shape index (κ2) is 4.71. The van der Waals surface area contributed by atoms with Gasteiger partial charge in [-0.3, -0.25) is 14.9 Å². The molecule has 0 aliphatic rings. The fourth-order valence-electron chi connectivity index (χ4n) is 0.915. The summed E-state index contributed by atoms with van der Waals surface area (Å²) >= 11 is 2.96. The number of aliphatic carboxylic acids is 1. The molecule has 0 spiro atoms. The van der Waals surface area contributed by atoms with Crippen LogP contribution in [0.1, 0.15) is 0 Å². The van der Waals surface area contributed by atoms with Gasteiger partial charge >= 0.3 is 11.9 Å². The Kier molecular flexibility index (Phi) is 3.56. The van der Waals surface area contributed by atoms with E-state index in [0.717, 1.165) is 6.07 Å². The maximum Gasteiger partial charge on any atom is 0.394 e. The predicted octanol–water partition coefficient (Wildman–Crippen LogP) is 1.38. The van der Waals surface area contributed by atoms with E-state index in [2.05, 4.69) is 15.9 Å². The third-order valence-electron chi connectivity index (χ3n) is 1.59. The van der Waals surface area contributed by atoms with Crippen molar-refractivity contribution in [3.8, 4) is 0 Å². The predicted molar refractivity (Wildman–Crippen MR) is 57.1 cm³/mol. The molecule has 0 aromatic heterocycles. The molecule has 0 aliphatic carbocycles. The molecule has 1 aromatic carbocycles. The maximum absolute atomic E-state index is 10.8. The first-order valence-corrected chi connectivity index (χ1v) is 4.69. The van der Waals surface area contributed by atoms with Crippen molar-refractivity contribution in [3.05, 3.63) is 32.8 Å². The van der Waals surface area contributed by atoms with E-state index in [1.807, 2.05) is 5.32 Å². The van der Waals surface area contributed by atoms with E-state index in [1.54, 1.807) is 0 Å². The largest absolute Gasteiger partial charge is 0.474 e. The van der Waals surface area contributed by atoms with Crippen molar-refractivity contribution in [2.45, 2.75) is 0 Å². The molecule has 0 saturated carbocycles. The molecule has 0 unspecified atom stereocenters. The van der Waals surface area contributed by atoms with Crippen molar-refractivity contribution >= 4 is 39.2 Å². The second-order valence-corrected chi connectivity index (χ2v) is 3.54. The van der Waals surface area contributed by atoms with Gasteiger partial charge in [0.15, 0.2) is 0 Å². The van der Waals surface area contributed by atoms with Gasteiger partial charge in [-0.2, -0.15) is 0 Å². The summed E-state index contributed by atoms with van der Waals surface area (Å²) in [5.74, 6) is -2.91. The molecule has 0 saturated heterocycles. The van der Waals surface area contributed by atoms with Gasteiger partial charge in [0.05, 0.1) is 9.40 Å². The fraction of sp³-hybridized carbons (Fsp3) is 0. The molecular formula is C8H5BrN2O5. The molecule has 8 heteroatoms. The highest BCUT2D eigenvalue weighted by Gasteiger charge is 2.16. The zero-order valence-corrected chi connectivity index (χ0v) is 9.22. The lowest BCUT2D eigenvalue weighted by Crippen LogP contribution is -2.21. The molecule has 16 heavy (non-hydrogen) atoms. The van der Waals surface area contributed by atoms with Gasteiger partial charge in [0, 0.05) is 11.8 Å². The lowest BCUT2D eigenvalue weighted by Gasteiger charge is -2.02. The molecule has 84 valence electrons. The number of hydrogen-bond acceptors (Lipinski definition) is 4. The number of benzene rings is 1. The molecular weight excluding hydrogens is 284 g/mol. The minimum atomic E-state index is -1.66. The summed E-state index contributed by atoms with van der Waals surface area (Å²) in [6.45, 7) is 0. The van der Waals surface area contributed by atoms with Crippen molar-refractivity contribution in [2.75, 3.05) is 5.32 Å². The van der Waals surface area contributed by atoms with Crippen LogP contribution < -0.4 is 5.32 Å². The molecule has 1 rings (SSSR count). The minimum absolute atomic E-state index is 0.0438. The molecule has 2 N–H and O–H groups in total. The quantitative estimate of drug-likeness (QED) is 0.485. The average Bonchev–Trinajstić information content (AvgIpc) is 2.20. The highest BCUT2D eigenvalue weighted by Crippen LogP contribution is 2.27. The zero-order chi connectivity index (χ0) is 12.3. The highest BCUT2D eigenvalue weighted by molar-refractivity contribution is 9.10. The Morgan fingerprint density at radius 2 is 2.06 bits per heavy atom. The van der Waals surface area contributed by atoms with E-state index in [4.69, 9.17) is 5.11 Å². The summed E-state index contributed by atoms with van der Waals surface area (Å²) in [4.78, 5) is 30.9. The number of nitrogens with zero attached hydrogens (tertiary/aromatic N) is 1. The number of carbonyl (C=O) groups excluding carboxylic acids is 1. The summed E-state index contributed by atoms with van der Waals surface area (Å²) in [7, 11) is 0. The van der Waals surface area contributed by atoms with E-state index in [-0.39, 0.29) is 15.8 Å². The van der Waals surface area contributed by atoms with Gasteiger partial charge in [-0.1, -0.05) is 0 Å². The number of halogens is 1. The van der Waals surface area contributed by atoms with Gasteiger partial charge < -0.3 is 10.4 Å².